The number of hydrogen-bond donors (Lipinski definition) is 1. The number of hydrogen-bond acceptors (Lipinski definition) is 7. The molecule has 0 spiro atoms. The zero-order valence-electron chi connectivity index (χ0n) is 13.1. The van der Waals surface area contributed by atoms with Crippen LogP contribution in [0.5, 0.6) is 0 Å². The quantitative estimate of drug-likeness (QED) is 0.487. The molecule has 0 aliphatic heterocycles. The van der Waals surface area contributed by atoms with Crippen LogP contribution in [0, 0.1) is 17.0 Å². The van der Waals surface area contributed by atoms with Gasteiger partial charge in [0, 0.05) is 10.9 Å². The van der Waals surface area contributed by atoms with Gasteiger partial charge < -0.3 is 4.74 Å². The maximum absolute atomic E-state index is 12.3. The molecule has 0 fully saturated rings. The average Bonchev–Trinajstić information content (AvgIpc) is 2.93. The number of ether oxygens (including phenoxy) is 1. The van der Waals surface area contributed by atoms with Gasteiger partial charge in [-0.25, -0.2) is 4.98 Å². The van der Waals surface area contributed by atoms with Gasteiger partial charge in [0.2, 0.25) is 0 Å². The van der Waals surface area contributed by atoms with Crippen molar-refractivity contribution >= 4 is 34.0 Å². The van der Waals surface area contributed by atoms with Gasteiger partial charge in [-0.3, -0.25) is 25.0 Å². The van der Waals surface area contributed by atoms with Crippen LogP contribution in [-0.4, -0.2) is 28.4 Å². The van der Waals surface area contributed by atoms with Gasteiger partial charge in [0.05, 0.1) is 23.6 Å². The van der Waals surface area contributed by atoms with E-state index in [0.717, 1.165) is 11.3 Å². The van der Waals surface area contributed by atoms with Crippen molar-refractivity contribution in [3.05, 3.63) is 50.5 Å². The van der Waals surface area contributed by atoms with Crippen LogP contribution in [0.3, 0.4) is 0 Å². The summed E-state index contributed by atoms with van der Waals surface area (Å²) in [6.07, 6.45) is 0.00477. The Morgan fingerprint density at radius 2 is 2.17 bits per heavy atom. The van der Waals surface area contributed by atoms with Crippen molar-refractivity contribution in [1.29, 1.82) is 0 Å². The number of aryl methyl sites for hydroxylation is 1. The predicted octanol–water partition coefficient (Wildman–Crippen LogP) is 2.72. The lowest BCUT2D eigenvalue weighted by molar-refractivity contribution is -0.385. The first-order valence-corrected chi connectivity index (χ1v) is 7.95. The highest BCUT2D eigenvalue weighted by Crippen LogP contribution is 2.25. The van der Waals surface area contributed by atoms with E-state index in [4.69, 9.17) is 4.74 Å². The number of thiazole rings is 1. The molecule has 0 atom stereocenters. The molecule has 2 aromatic rings. The van der Waals surface area contributed by atoms with E-state index in [2.05, 4.69) is 10.3 Å². The summed E-state index contributed by atoms with van der Waals surface area (Å²) in [7, 11) is 0. The number of esters is 1. The molecule has 1 aromatic carbocycles. The fraction of sp³-hybridized carbons (Fsp3) is 0.267. The first-order chi connectivity index (χ1) is 11.4. The number of rotatable bonds is 6. The molecule has 0 aliphatic carbocycles. The van der Waals surface area contributed by atoms with Crippen molar-refractivity contribution in [2.75, 3.05) is 11.9 Å². The number of nitrogens with zero attached hydrogens (tertiary/aromatic N) is 2. The zero-order chi connectivity index (χ0) is 17.7. The summed E-state index contributed by atoms with van der Waals surface area (Å²) in [6.45, 7) is 3.55. The second-order valence-corrected chi connectivity index (χ2v) is 5.67. The highest BCUT2D eigenvalue weighted by Gasteiger charge is 2.23. The van der Waals surface area contributed by atoms with E-state index >= 15 is 0 Å². The molecule has 0 saturated carbocycles. The Morgan fingerprint density at radius 3 is 2.83 bits per heavy atom. The molecule has 8 nitrogen and oxygen atoms in total. The Kier molecular flexibility index (Phi) is 5.59. The highest BCUT2D eigenvalue weighted by molar-refractivity contribution is 7.14. The van der Waals surface area contributed by atoms with E-state index in [9.17, 15) is 19.7 Å². The maximum atomic E-state index is 12.3. The molecule has 0 saturated heterocycles. The van der Waals surface area contributed by atoms with E-state index in [1.807, 2.05) is 0 Å². The fourth-order valence-corrected chi connectivity index (χ4v) is 2.76. The summed E-state index contributed by atoms with van der Waals surface area (Å²) in [6, 6.07) is 4.52. The van der Waals surface area contributed by atoms with Crippen LogP contribution >= 0.6 is 11.3 Å². The molecule has 1 amide bonds. The van der Waals surface area contributed by atoms with Crippen LogP contribution in [0.4, 0.5) is 10.8 Å². The molecule has 1 heterocycles. The molecular formula is C15H15N3O5S. The van der Waals surface area contributed by atoms with E-state index in [0.29, 0.717) is 11.3 Å². The summed E-state index contributed by atoms with van der Waals surface area (Å²) in [5.41, 5.74) is 0.586. The zero-order valence-corrected chi connectivity index (χ0v) is 13.9. The van der Waals surface area contributed by atoms with Gasteiger partial charge in [-0.15, -0.1) is 11.3 Å². The standard InChI is InChI=1S/C15H15N3O5S/c1-3-23-12(19)7-10-8-24-15(16-10)17-14(20)11-6-4-5-9(2)13(11)18(21)22/h4-6,8H,3,7H2,1-2H3,(H,16,17,20). The first kappa shape index (κ1) is 17.5. The lowest BCUT2D eigenvalue weighted by Gasteiger charge is -2.05. The molecule has 0 unspecified atom stereocenters. The van der Waals surface area contributed by atoms with Crippen molar-refractivity contribution in [3.63, 3.8) is 0 Å². The number of nitro groups is 1. The summed E-state index contributed by atoms with van der Waals surface area (Å²) in [4.78, 5) is 38.4. The van der Waals surface area contributed by atoms with Gasteiger partial charge in [-0.2, -0.15) is 0 Å². The molecule has 1 aromatic heterocycles. The number of anilines is 1. The van der Waals surface area contributed by atoms with E-state index in [1.54, 1.807) is 31.4 Å². The molecule has 0 bridgehead atoms. The molecule has 0 aliphatic rings. The minimum atomic E-state index is -0.623. The van der Waals surface area contributed by atoms with Gasteiger partial charge in [0.15, 0.2) is 5.13 Å². The monoisotopic (exact) mass is 349 g/mol. The Labute approximate surface area is 141 Å². The molecule has 1 N–H and O–H groups in total. The van der Waals surface area contributed by atoms with Crippen molar-refractivity contribution in [2.45, 2.75) is 20.3 Å². The topological polar surface area (TPSA) is 111 Å². The Morgan fingerprint density at radius 1 is 1.42 bits per heavy atom. The summed E-state index contributed by atoms with van der Waals surface area (Å²) < 4.78 is 4.82. The lowest BCUT2D eigenvalue weighted by atomic mass is 10.1. The third kappa shape index (κ3) is 4.13. The number of benzene rings is 1. The molecule has 0 radical (unpaired) electrons. The second kappa shape index (κ2) is 7.64. The van der Waals surface area contributed by atoms with Gasteiger partial charge in [0.25, 0.3) is 11.6 Å². The van der Waals surface area contributed by atoms with Gasteiger partial charge in [0.1, 0.15) is 5.56 Å². The van der Waals surface area contributed by atoms with Crippen molar-refractivity contribution in [1.82, 2.24) is 4.98 Å². The SMILES string of the molecule is CCOC(=O)Cc1csc(NC(=O)c2cccc(C)c2[N+](=O)[O-])n1. The van der Waals surface area contributed by atoms with Crippen LogP contribution in [0.25, 0.3) is 0 Å². The summed E-state index contributed by atoms with van der Waals surface area (Å²) in [5, 5.41) is 15.5. The first-order valence-electron chi connectivity index (χ1n) is 7.07. The van der Waals surface area contributed by atoms with Crippen LogP contribution < -0.4 is 5.32 Å². The number of carbonyl (C=O) groups excluding carboxylic acids is 2. The fourth-order valence-electron chi connectivity index (χ4n) is 2.05. The number of nitrogens with one attached hydrogen (secondary N) is 1. The van der Waals surface area contributed by atoms with Gasteiger partial charge >= 0.3 is 5.97 Å². The minimum absolute atomic E-state index is 0.00477. The average molecular weight is 349 g/mol. The number of carbonyl (C=O) groups is 2. The largest absolute Gasteiger partial charge is 0.466 e. The molecule has 126 valence electrons. The van der Waals surface area contributed by atoms with E-state index in [-0.39, 0.29) is 29.4 Å². The number of aromatic nitrogens is 1. The lowest BCUT2D eigenvalue weighted by Crippen LogP contribution is -2.14. The van der Waals surface area contributed by atoms with E-state index in [1.165, 1.54) is 6.07 Å². The predicted molar refractivity (Wildman–Crippen MR) is 88.2 cm³/mol. The maximum Gasteiger partial charge on any atom is 0.311 e. The Bertz CT molecular complexity index is 787. The number of nitro benzene ring substituents is 1. The smallest absolute Gasteiger partial charge is 0.311 e. The molecular weight excluding hydrogens is 334 g/mol. The number of amides is 1. The Balaban J connectivity index is 2.14. The van der Waals surface area contributed by atoms with E-state index < -0.39 is 16.8 Å². The van der Waals surface area contributed by atoms with Crippen LogP contribution in [0.15, 0.2) is 23.6 Å². The van der Waals surface area contributed by atoms with Crippen molar-refractivity contribution in [3.8, 4) is 0 Å². The minimum Gasteiger partial charge on any atom is -0.466 e. The highest BCUT2D eigenvalue weighted by atomic mass is 32.1. The number of para-hydroxylation sites is 1. The van der Waals surface area contributed by atoms with Crippen LogP contribution in [0.2, 0.25) is 0 Å². The van der Waals surface area contributed by atoms with Crippen LogP contribution in [0.1, 0.15) is 28.5 Å². The van der Waals surface area contributed by atoms with Crippen LogP contribution in [-0.2, 0) is 16.0 Å². The summed E-state index contributed by atoms with van der Waals surface area (Å²) >= 11 is 1.13. The van der Waals surface area contributed by atoms with Crippen molar-refractivity contribution < 1.29 is 19.2 Å². The van der Waals surface area contributed by atoms with Gasteiger partial charge in [-0.05, 0) is 19.9 Å². The molecule has 24 heavy (non-hydrogen) atoms. The Hall–Kier alpha value is -2.81. The normalized spacial score (nSPS) is 10.2. The molecule has 9 heteroatoms. The third-order valence-electron chi connectivity index (χ3n) is 3.07. The van der Waals surface area contributed by atoms with Crippen molar-refractivity contribution in [2.24, 2.45) is 0 Å². The summed E-state index contributed by atoms with van der Waals surface area (Å²) in [5.74, 6) is -1.03. The molecule has 2 rings (SSSR count). The second-order valence-electron chi connectivity index (χ2n) is 4.81. The van der Waals surface area contributed by atoms with Gasteiger partial charge in [-0.1, -0.05) is 12.1 Å². The third-order valence-corrected chi connectivity index (χ3v) is 3.87.